The zero-order valence-corrected chi connectivity index (χ0v) is 14.6. The molecule has 0 aromatic rings. The highest BCUT2D eigenvalue weighted by atomic mass is 32.2. The standard InChI is InChI=1S/C15H30N4O2S/c1-3-16-15(17-11-7-12-19-22(2,20)21)18-13-10-14-8-5-4-6-9-14/h8,19H,3-7,9-13H2,1-2H3,(H2,16,17,18). The highest BCUT2D eigenvalue weighted by molar-refractivity contribution is 7.88. The van der Waals surface area contributed by atoms with E-state index in [4.69, 9.17) is 0 Å². The summed E-state index contributed by atoms with van der Waals surface area (Å²) in [5.74, 6) is 0.804. The molecule has 0 heterocycles. The number of rotatable bonds is 9. The van der Waals surface area contributed by atoms with Crippen LogP contribution in [0.2, 0.25) is 0 Å². The van der Waals surface area contributed by atoms with Crippen LogP contribution in [-0.4, -0.2) is 46.8 Å². The molecule has 3 N–H and O–H groups in total. The van der Waals surface area contributed by atoms with Gasteiger partial charge in [0.2, 0.25) is 10.0 Å². The Bertz CT molecular complexity index is 472. The van der Waals surface area contributed by atoms with Crippen molar-refractivity contribution in [3.05, 3.63) is 11.6 Å². The van der Waals surface area contributed by atoms with Crippen LogP contribution in [0.4, 0.5) is 0 Å². The summed E-state index contributed by atoms with van der Waals surface area (Å²) >= 11 is 0. The summed E-state index contributed by atoms with van der Waals surface area (Å²) in [7, 11) is -3.10. The predicted octanol–water partition coefficient (Wildman–Crippen LogP) is 1.37. The van der Waals surface area contributed by atoms with Crippen LogP contribution in [0, 0.1) is 0 Å². The average Bonchev–Trinajstić information content (AvgIpc) is 2.47. The van der Waals surface area contributed by atoms with Gasteiger partial charge in [-0.1, -0.05) is 11.6 Å². The van der Waals surface area contributed by atoms with Crippen molar-refractivity contribution in [2.75, 3.05) is 32.4 Å². The van der Waals surface area contributed by atoms with E-state index in [1.807, 2.05) is 6.92 Å². The van der Waals surface area contributed by atoms with Crippen LogP contribution in [0.25, 0.3) is 0 Å². The van der Waals surface area contributed by atoms with Crippen LogP contribution in [0.15, 0.2) is 16.6 Å². The molecule has 0 amide bonds. The summed E-state index contributed by atoms with van der Waals surface area (Å²) in [5, 5.41) is 6.54. The lowest BCUT2D eigenvalue weighted by molar-refractivity contribution is 0.585. The highest BCUT2D eigenvalue weighted by Gasteiger charge is 2.04. The Morgan fingerprint density at radius 3 is 2.73 bits per heavy atom. The van der Waals surface area contributed by atoms with Gasteiger partial charge < -0.3 is 10.6 Å². The Morgan fingerprint density at radius 1 is 1.27 bits per heavy atom. The number of hydrogen-bond acceptors (Lipinski definition) is 3. The van der Waals surface area contributed by atoms with Crippen molar-refractivity contribution >= 4 is 16.0 Å². The zero-order valence-electron chi connectivity index (χ0n) is 13.8. The Kier molecular flexibility index (Phi) is 9.15. The minimum absolute atomic E-state index is 0.425. The maximum absolute atomic E-state index is 10.9. The molecule has 0 atom stereocenters. The van der Waals surface area contributed by atoms with Crippen LogP contribution in [-0.2, 0) is 10.0 Å². The van der Waals surface area contributed by atoms with E-state index in [9.17, 15) is 8.42 Å². The van der Waals surface area contributed by atoms with Gasteiger partial charge in [-0.05, 0) is 45.4 Å². The molecule has 0 fully saturated rings. The van der Waals surface area contributed by atoms with Gasteiger partial charge in [0.15, 0.2) is 5.96 Å². The van der Waals surface area contributed by atoms with E-state index >= 15 is 0 Å². The molecule has 0 bridgehead atoms. The molecule has 1 aliphatic rings. The molecular formula is C15H30N4O2S. The fourth-order valence-corrected chi connectivity index (χ4v) is 2.86. The monoisotopic (exact) mass is 330 g/mol. The number of nitrogens with one attached hydrogen (secondary N) is 3. The summed E-state index contributed by atoms with van der Waals surface area (Å²) < 4.78 is 24.4. The molecule has 0 aromatic carbocycles. The third-order valence-electron chi connectivity index (χ3n) is 3.44. The van der Waals surface area contributed by atoms with Gasteiger partial charge in [0.05, 0.1) is 6.26 Å². The van der Waals surface area contributed by atoms with E-state index in [1.54, 1.807) is 5.57 Å². The fourth-order valence-electron chi connectivity index (χ4n) is 2.34. The van der Waals surface area contributed by atoms with Crippen molar-refractivity contribution in [3.63, 3.8) is 0 Å². The van der Waals surface area contributed by atoms with E-state index in [0.717, 1.165) is 25.5 Å². The van der Waals surface area contributed by atoms with Crippen LogP contribution < -0.4 is 15.4 Å². The number of guanidine groups is 1. The first-order valence-corrected chi connectivity index (χ1v) is 10.0. The van der Waals surface area contributed by atoms with E-state index < -0.39 is 10.0 Å². The second kappa shape index (κ2) is 10.6. The molecule has 0 aliphatic heterocycles. The quantitative estimate of drug-likeness (QED) is 0.258. The second-order valence-corrected chi connectivity index (χ2v) is 7.40. The third kappa shape index (κ3) is 9.78. The van der Waals surface area contributed by atoms with E-state index in [-0.39, 0.29) is 0 Å². The van der Waals surface area contributed by atoms with Crippen molar-refractivity contribution < 1.29 is 8.42 Å². The van der Waals surface area contributed by atoms with Gasteiger partial charge in [-0.15, -0.1) is 0 Å². The predicted molar refractivity (Wildman–Crippen MR) is 92.6 cm³/mol. The molecule has 0 saturated heterocycles. The van der Waals surface area contributed by atoms with E-state index in [2.05, 4.69) is 26.4 Å². The summed E-state index contributed by atoms with van der Waals surface area (Å²) in [4.78, 5) is 4.46. The van der Waals surface area contributed by atoms with Gasteiger partial charge in [-0.2, -0.15) is 0 Å². The largest absolute Gasteiger partial charge is 0.357 e. The number of sulfonamides is 1. The molecule has 0 unspecified atom stereocenters. The summed E-state index contributed by atoms with van der Waals surface area (Å²) in [6.07, 6.45) is 10.4. The number of allylic oxidation sites excluding steroid dienone is 1. The normalized spacial score (nSPS) is 16.3. The maximum Gasteiger partial charge on any atom is 0.208 e. The molecule has 1 aliphatic carbocycles. The molecule has 7 heteroatoms. The van der Waals surface area contributed by atoms with Crippen molar-refractivity contribution in [2.45, 2.75) is 45.4 Å². The minimum atomic E-state index is -3.10. The van der Waals surface area contributed by atoms with Crippen molar-refractivity contribution in [2.24, 2.45) is 4.99 Å². The van der Waals surface area contributed by atoms with Crippen LogP contribution in [0.5, 0.6) is 0 Å². The Morgan fingerprint density at radius 2 is 2.09 bits per heavy atom. The topological polar surface area (TPSA) is 82.6 Å². The van der Waals surface area contributed by atoms with E-state index in [1.165, 1.54) is 31.9 Å². The summed E-state index contributed by atoms with van der Waals surface area (Å²) in [6.45, 7) is 4.76. The molecule has 0 aromatic heterocycles. The van der Waals surface area contributed by atoms with Gasteiger partial charge in [0.1, 0.15) is 0 Å². The summed E-state index contributed by atoms with van der Waals surface area (Å²) in [6, 6.07) is 0. The lowest BCUT2D eigenvalue weighted by Gasteiger charge is -2.15. The van der Waals surface area contributed by atoms with Crippen LogP contribution >= 0.6 is 0 Å². The van der Waals surface area contributed by atoms with Crippen molar-refractivity contribution in [1.82, 2.24) is 15.4 Å². The van der Waals surface area contributed by atoms with Gasteiger partial charge >= 0.3 is 0 Å². The lowest BCUT2D eigenvalue weighted by Crippen LogP contribution is -2.38. The highest BCUT2D eigenvalue weighted by Crippen LogP contribution is 2.19. The van der Waals surface area contributed by atoms with Gasteiger partial charge in [-0.3, -0.25) is 4.99 Å². The Hall–Kier alpha value is -1.08. The second-order valence-electron chi connectivity index (χ2n) is 5.57. The molecule has 1 rings (SSSR count). The first-order chi connectivity index (χ1) is 10.5. The molecule has 0 saturated carbocycles. The van der Waals surface area contributed by atoms with Gasteiger partial charge in [-0.25, -0.2) is 13.1 Å². The van der Waals surface area contributed by atoms with Crippen LogP contribution in [0.3, 0.4) is 0 Å². The maximum atomic E-state index is 10.9. The summed E-state index contributed by atoms with van der Waals surface area (Å²) in [5.41, 5.74) is 1.55. The SMILES string of the molecule is CCNC(=NCCCNS(C)(=O)=O)NCCC1=CCCCC1. The molecule has 0 radical (unpaired) electrons. The van der Waals surface area contributed by atoms with Crippen molar-refractivity contribution in [1.29, 1.82) is 0 Å². The molecule has 22 heavy (non-hydrogen) atoms. The third-order valence-corrected chi connectivity index (χ3v) is 4.17. The Balaban J connectivity index is 2.24. The van der Waals surface area contributed by atoms with Gasteiger partial charge in [0, 0.05) is 26.2 Å². The number of nitrogens with zero attached hydrogens (tertiary/aromatic N) is 1. The zero-order chi connectivity index (χ0) is 16.3. The lowest BCUT2D eigenvalue weighted by atomic mass is 9.97. The first kappa shape index (κ1) is 19.0. The molecule has 128 valence electrons. The fraction of sp³-hybridized carbons (Fsp3) is 0.800. The minimum Gasteiger partial charge on any atom is -0.357 e. The first-order valence-electron chi connectivity index (χ1n) is 8.16. The molecule has 0 spiro atoms. The molecule has 6 nitrogen and oxygen atoms in total. The number of aliphatic imine (C=N–C) groups is 1. The van der Waals surface area contributed by atoms with Gasteiger partial charge in [0.25, 0.3) is 0 Å². The molecular weight excluding hydrogens is 300 g/mol. The average molecular weight is 330 g/mol. The van der Waals surface area contributed by atoms with Crippen molar-refractivity contribution in [3.8, 4) is 0 Å². The van der Waals surface area contributed by atoms with E-state index in [0.29, 0.717) is 19.5 Å². The van der Waals surface area contributed by atoms with Crippen LogP contribution in [0.1, 0.15) is 45.4 Å². The Labute approximate surface area is 134 Å². The smallest absolute Gasteiger partial charge is 0.208 e. The number of hydrogen-bond donors (Lipinski definition) is 3.